The molecule has 0 aromatic carbocycles. The molecule has 1 fully saturated rings. The lowest BCUT2D eigenvalue weighted by molar-refractivity contribution is 0.0958. The van der Waals surface area contributed by atoms with Crippen LogP contribution in [0.4, 0.5) is 0 Å². The molecule has 1 amide bonds. The Kier molecular flexibility index (Phi) is 5.69. The Balaban J connectivity index is 1.46. The van der Waals surface area contributed by atoms with Crippen LogP contribution in [0.1, 0.15) is 28.3 Å². The molecule has 1 aliphatic heterocycles. The van der Waals surface area contributed by atoms with Crippen LogP contribution in [0.3, 0.4) is 0 Å². The molecule has 1 N–H and O–H groups in total. The minimum absolute atomic E-state index is 0.0323. The Bertz CT molecular complexity index is 636. The monoisotopic (exact) mass is 352 g/mol. The minimum Gasteiger partial charge on any atom is -0.377 e. The highest BCUT2D eigenvalue weighted by atomic mass is 32.2. The van der Waals surface area contributed by atoms with Gasteiger partial charge in [-0.25, -0.2) is 0 Å². The van der Waals surface area contributed by atoms with E-state index in [-0.39, 0.29) is 5.91 Å². The number of amides is 1. The largest absolute Gasteiger partial charge is 0.377 e. The summed E-state index contributed by atoms with van der Waals surface area (Å²) in [5, 5.41) is 14.2. The van der Waals surface area contributed by atoms with E-state index in [1.165, 1.54) is 11.3 Å². The first kappa shape index (κ1) is 16.5. The molecule has 6 nitrogen and oxygen atoms in total. The lowest BCUT2D eigenvalue weighted by Gasteiger charge is -2.08. The van der Waals surface area contributed by atoms with Crippen molar-refractivity contribution in [3.63, 3.8) is 0 Å². The molecule has 1 saturated heterocycles. The molecule has 2 aromatic heterocycles. The van der Waals surface area contributed by atoms with Gasteiger partial charge < -0.3 is 14.6 Å². The summed E-state index contributed by atoms with van der Waals surface area (Å²) in [6.07, 6.45) is 3.29. The van der Waals surface area contributed by atoms with E-state index in [1.54, 1.807) is 11.8 Å². The van der Waals surface area contributed by atoms with Gasteiger partial charge in [0.25, 0.3) is 5.91 Å². The molecule has 0 radical (unpaired) electrons. The summed E-state index contributed by atoms with van der Waals surface area (Å²) >= 11 is 3.12. The molecule has 0 spiro atoms. The minimum atomic E-state index is -0.0323. The number of thiophene rings is 1. The highest BCUT2D eigenvalue weighted by Gasteiger charge is 2.18. The first-order valence-electron chi connectivity index (χ1n) is 7.68. The molecule has 0 aliphatic carbocycles. The fourth-order valence-corrected chi connectivity index (χ4v) is 4.05. The molecule has 8 heteroatoms. The first-order valence-corrected chi connectivity index (χ1v) is 9.55. The summed E-state index contributed by atoms with van der Waals surface area (Å²) < 4.78 is 7.62. The second-order valence-electron chi connectivity index (χ2n) is 5.39. The molecule has 1 atom stereocenters. The van der Waals surface area contributed by atoms with E-state index in [9.17, 15) is 4.79 Å². The Hall–Kier alpha value is -1.38. The molecule has 124 valence electrons. The number of carbonyl (C=O) groups excluding carboxylic acids is 1. The van der Waals surface area contributed by atoms with Gasteiger partial charge in [0.05, 0.1) is 11.0 Å². The summed E-state index contributed by atoms with van der Waals surface area (Å²) in [5.74, 6) is 1.77. The zero-order valence-electron chi connectivity index (χ0n) is 13.0. The van der Waals surface area contributed by atoms with E-state index in [2.05, 4.69) is 15.5 Å². The van der Waals surface area contributed by atoms with Crippen LogP contribution < -0.4 is 5.32 Å². The van der Waals surface area contributed by atoms with Crippen molar-refractivity contribution in [2.75, 3.05) is 18.9 Å². The number of hydrogen-bond acceptors (Lipinski definition) is 6. The number of nitrogens with zero attached hydrogens (tertiary/aromatic N) is 3. The topological polar surface area (TPSA) is 69.0 Å². The van der Waals surface area contributed by atoms with Gasteiger partial charge >= 0.3 is 0 Å². The summed E-state index contributed by atoms with van der Waals surface area (Å²) in [6, 6.07) is 3.70. The summed E-state index contributed by atoms with van der Waals surface area (Å²) in [4.78, 5) is 12.6. The Labute approximate surface area is 143 Å². The summed E-state index contributed by atoms with van der Waals surface area (Å²) in [5.41, 5.74) is 0. The van der Waals surface area contributed by atoms with E-state index in [0.29, 0.717) is 19.1 Å². The maximum Gasteiger partial charge on any atom is 0.261 e. The van der Waals surface area contributed by atoms with Gasteiger partial charge in [-0.1, -0.05) is 17.8 Å². The molecule has 3 heterocycles. The van der Waals surface area contributed by atoms with Gasteiger partial charge in [0.2, 0.25) is 0 Å². The molecule has 1 aliphatic rings. The third kappa shape index (κ3) is 4.33. The first-order chi connectivity index (χ1) is 11.2. The van der Waals surface area contributed by atoms with E-state index in [4.69, 9.17) is 4.74 Å². The van der Waals surface area contributed by atoms with Gasteiger partial charge in [0.1, 0.15) is 5.82 Å². The van der Waals surface area contributed by atoms with Crippen LogP contribution in [-0.4, -0.2) is 45.7 Å². The summed E-state index contributed by atoms with van der Waals surface area (Å²) in [7, 11) is 1.97. The van der Waals surface area contributed by atoms with Crippen molar-refractivity contribution in [1.82, 2.24) is 20.1 Å². The number of aromatic nitrogens is 3. The average Bonchev–Trinajstić information content (AvgIpc) is 3.29. The predicted octanol–water partition coefficient (Wildman–Crippen LogP) is 2.12. The molecule has 0 saturated carbocycles. The SMILES string of the molecule is Cn1c(CCNC(=O)c2cccs2)nnc1SC[C@@H]1CCCO1. The van der Waals surface area contributed by atoms with Gasteiger partial charge in [-0.05, 0) is 24.3 Å². The zero-order chi connectivity index (χ0) is 16.1. The Morgan fingerprint density at radius 3 is 3.22 bits per heavy atom. The van der Waals surface area contributed by atoms with Crippen molar-refractivity contribution in [2.45, 2.75) is 30.5 Å². The van der Waals surface area contributed by atoms with Crippen LogP contribution in [0.25, 0.3) is 0 Å². The van der Waals surface area contributed by atoms with Crippen molar-refractivity contribution in [3.8, 4) is 0 Å². The van der Waals surface area contributed by atoms with Crippen LogP contribution in [-0.2, 0) is 18.2 Å². The third-order valence-corrected chi connectivity index (χ3v) is 5.75. The van der Waals surface area contributed by atoms with Gasteiger partial charge in [-0.15, -0.1) is 21.5 Å². The highest BCUT2D eigenvalue weighted by Crippen LogP contribution is 2.22. The predicted molar refractivity (Wildman–Crippen MR) is 91.1 cm³/mol. The number of nitrogens with one attached hydrogen (secondary N) is 1. The lowest BCUT2D eigenvalue weighted by Crippen LogP contribution is -2.25. The van der Waals surface area contributed by atoms with Crippen molar-refractivity contribution >= 4 is 29.0 Å². The van der Waals surface area contributed by atoms with Gasteiger partial charge in [0, 0.05) is 32.4 Å². The van der Waals surface area contributed by atoms with Gasteiger partial charge in [-0.3, -0.25) is 4.79 Å². The molecular weight excluding hydrogens is 332 g/mol. The van der Waals surface area contributed by atoms with Crippen molar-refractivity contribution in [3.05, 3.63) is 28.2 Å². The maximum absolute atomic E-state index is 11.9. The zero-order valence-corrected chi connectivity index (χ0v) is 14.7. The Morgan fingerprint density at radius 1 is 1.57 bits per heavy atom. The molecule has 2 aromatic rings. The van der Waals surface area contributed by atoms with Crippen molar-refractivity contribution in [1.29, 1.82) is 0 Å². The summed E-state index contributed by atoms with van der Waals surface area (Å²) in [6.45, 7) is 1.43. The van der Waals surface area contributed by atoms with Crippen LogP contribution in [0.5, 0.6) is 0 Å². The fourth-order valence-electron chi connectivity index (χ4n) is 2.41. The van der Waals surface area contributed by atoms with Crippen LogP contribution >= 0.6 is 23.1 Å². The normalized spacial score (nSPS) is 17.5. The van der Waals surface area contributed by atoms with Crippen molar-refractivity contribution in [2.24, 2.45) is 7.05 Å². The molecule has 0 unspecified atom stereocenters. The number of rotatable bonds is 7. The quantitative estimate of drug-likeness (QED) is 0.773. The van der Waals surface area contributed by atoms with Crippen LogP contribution in [0.2, 0.25) is 0 Å². The fraction of sp³-hybridized carbons (Fsp3) is 0.533. The van der Waals surface area contributed by atoms with Crippen LogP contribution in [0.15, 0.2) is 22.7 Å². The number of carbonyl (C=O) groups is 1. The number of hydrogen-bond donors (Lipinski definition) is 1. The second kappa shape index (κ2) is 7.94. The van der Waals surface area contributed by atoms with Gasteiger partial charge in [-0.2, -0.15) is 0 Å². The maximum atomic E-state index is 11.9. The van der Waals surface area contributed by atoms with E-state index >= 15 is 0 Å². The van der Waals surface area contributed by atoms with Crippen LogP contribution in [0, 0.1) is 0 Å². The number of ether oxygens (including phenoxy) is 1. The standard InChI is InChI=1S/C15H20N4O2S2/c1-19-13(6-7-16-14(20)12-5-3-9-22-12)17-18-15(19)23-10-11-4-2-8-21-11/h3,5,9,11H,2,4,6-8,10H2,1H3,(H,16,20)/t11-/m0/s1. The molecular formula is C15H20N4O2S2. The average molecular weight is 352 g/mol. The van der Waals surface area contributed by atoms with E-state index < -0.39 is 0 Å². The molecule has 0 bridgehead atoms. The van der Waals surface area contributed by atoms with E-state index in [1.807, 2.05) is 29.1 Å². The highest BCUT2D eigenvalue weighted by molar-refractivity contribution is 7.99. The van der Waals surface area contributed by atoms with Gasteiger partial charge in [0.15, 0.2) is 5.16 Å². The number of thioether (sulfide) groups is 1. The third-order valence-electron chi connectivity index (χ3n) is 3.73. The van der Waals surface area contributed by atoms with E-state index in [0.717, 1.165) is 41.1 Å². The molecule has 3 rings (SSSR count). The Morgan fingerprint density at radius 2 is 2.48 bits per heavy atom. The molecule has 23 heavy (non-hydrogen) atoms. The lowest BCUT2D eigenvalue weighted by atomic mass is 10.3. The van der Waals surface area contributed by atoms with Crippen molar-refractivity contribution < 1.29 is 9.53 Å². The second-order valence-corrected chi connectivity index (χ2v) is 7.32. The smallest absolute Gasteiger partial charge is 0.261 e.